The molecule has 0 bridgehead atoms. The first-order valence-corrected chi connectivity index (χ1v) is 11.7. The van der Waals surface area contributed by atoms with Gasteiger partial charge in [0.15, 0.2) is 0 Å². The molecule has 1 amide bonds. The number of nitrogens with one attached hydrogen (secondary N) is 2. The van der Waals surface area contributed by atoms with Gasteiger partial charge in [0.1, 0.15) is 5.69 Å². The summed E-state index contributed by atoms with van der Waals surface area (Å²) in [7, 11) is -3.66. The molecule has 4 heterocycles. The predicted octanol–water partition coefficient (Wildman–Crippen LogP) is 1.02. The topological polar surface area (TPSA) is 152 Å². The van der Waals surface area contributed by atoms with Crippen molar-refractivity contribution in [2.24, 2.45) is 0 Å². The van der Waals surface area contributed by atoms with E-state index in [4.69, 9.17) is 4.74 Å². The third-order valence-electron chi connectivity index (χ3n) is 4.72. The number of hydrogen-bond acceptors (Lipinski definition) is 9. The molecule has 0 aliphatic carbocycles. The lowest BCUT2D eigenvalue weighted by Gasteiger charge is -2.29. The fourth-order valence-electron chi connectivity index (χ4n) is 2.90. The van der Waals surface area contributed by atoms with Crippen LogP contribution in [0.15, 0.2) is 43.0 Å². The fourth-order valence-corrected chi connectivity index (χ4v) is 4.09. The molecule has 2 N–H and O–H groups in total. The van der Waals surface area contributed by atoms with Gasteiger partial charge in [-0.3, -0.25) is 14.8 Å². The van der Waals surface area contributed by atoms with Crippen LogP contribution in [0.4, 0.5) is 5.95 Å². The van der Waals surface area contributed by atoms with E-state index in [0.717, 1.165) is 6.42 Å². The number of nitrogens with zero attached hydrogens (tertiary/aromatic N) is 6. The Hall–Kier alpha value is -3.71. The summed E-state index contributed by atoms with van der Waals surface area (Å²) < 4.78 is 33.3. The second-order valence-electron chi connectivity index (χ2n) is 7.02. The smallest absolute Gasteiger partial charge is 0.303 e. The van der Waals surface area contributed by atoms with Gasteiger partial charge in [0.05, 0.1) is 36.9 Å². The Morgan fingerprint density at radius 3 is 2.67 bits per heavy atom. The van der Waals surface area contributed by atoms with E-state index >= 15 is 0 Å². The first kappa shape index (κ1) is 22.5. The zero-order chi connectivity index (χ0) is 23.3. The fraction of sp³-hybridized carbons (Fsp3) is 0.300. The Bertz CT molecular complexity index is 1230. The highest BCUT2D eigenvalue weighted by Crippen LogP contribution is 2.18. The molecular weight excluding hydrogens is 448 g/mol. The van der Waals surface area contributed by atoms with Crippen LogP contribution < -0.4 is 14.8 Å². The van der Waals surface area contributed by atoms with Crippen molar-refractivity contribution >= 4 is 22.1 Å². The average molecular weight is 471 g/mol. The molecule has 0 radical (unpaired) electrons. The molecule has 0 atom stereocenters. The van der Waals surface area contributed by atoms with Crippen molar-refractivity contribution in [3.8, 4) is 17.1 Å². The highest BCUT2D eigenvalue weighted by atomic mass is 32.2. The van der Waals surface area contributed by atoms with Crippen molar-refractivity contribution in [1.29, 1.82) is 0 Å². The third kappa shape index (κ3) is 5.56. The normalized spacial score (nSPS) is 13.7. The summed E-state index contributed by atoms with van der Waals surface area (Å²) in [4.78, 5) is 33.2. The Morgan fingerprint density at radius 1 is 1.12 bits per heavy atom. The highest BCUT2D eigenvalue weighted by molar-refractivity contribution is 7.90. The number of ether oxygens (including phenoxy) is 1. The first-order chi connectivity index (χ1) is 15.9. The van der Waals surface area contributed by atoms with Gasteiger partial charge >= 0.3 is 10.2 Å². The summed E-state index contributed by atoms with van der Waals surface area (Å²) in [6.45, 7) is 3.36. The number of carbonyl (C=O) groups excluding carboxylic acids is 1. The monoisotopic (exact) mass is 470 g/mol. The highest BCUT2D eigenvalue weighted by Gasteiger charge is 2.28. The number of rotatable bonds is 9. The van der Waals surface area contributed by atoms with Gasteiger partial charge in [-0.15, -0.1) is 0 Å². The number of anilines is 1. The molecular formula is C20H22N8O4S. The Morgan fingerprint density at radius 2 is 1.97 bits per heavy atom. The minimum absolute atomic E-state index is 0.0495. The van der Waals surface area contributed by atoms with Crippen molar-refractivity contribution in [3.05, 3.63) is 54.4 Å². The van der Waals surface area contributed by atoms with Crippen molar-refractivity contribution in [3.63, 3.8) is 0 Å². The summed E-state index contributed by atoms with van der Waals surface area (Å²) >= 11 is 0. The zero-order valence-electron chi connectivity index (χ0n) is 17.8. The molecule has 13 heteroatoms. The van der Waals surface area contributed by atoms with Crippen LogP contribution in [0.2, 0.25) is 0 Å². The SMILES string of the molecule is CCOc1cncc(-c2ccc(C(=O)NCc3ccnc(NS(=O)(=O)N4CCC4)n3)nc2)n1. The van der Waals surface area contributed by atoms with Gasteiger partial charge in [-0.1, -0.05) is 0 Å². The average Bonchev–Trinajstić information content (AvgIpc) is 2.76. The van der Waals surface area contributed by atoms with Crippen LogP contribution in [0.5, 0.6) is 5.88 Å². The van der Waals surface area contributed by atoms with Crippen LogP contribution in [0, 0.1) is 0 Å². The molecule has 33 heavy (non-hydrogen) atoms. The van der Waals surface area contributed by atoms with Crippen LogP contribution >= 0.6 is 0 Å². The van der Waals surface area contributed by atoms with Gasteiger partial charge in [-0.25, -0.2) is 19.7 Å². The molecule has 3 aromatic rings. The van der Waals surface area contributed by atoms with E-state index in [2.05, 4.69) is 35.0 Å². The van der Waals surface area contributed by atoms with E-state index in [1.54, 1.807) is 24.4 Å². The predicted molar refractivity (Wildman–Crippen MR) is 118 cm³/mol. The molecule has 1 aliphatic rings. The largest absolute Gasteiger partial charge is 0.477 e. The van der Waals surface area contributed by atoms with Gasteiger partial charge in [-0.05, 0) is 31.5 Å². The van der Waals surface area contributed by atoms with Crippen molar-refractivity contribution in [2.45, 2.75) is 19.9 Å². The Balaban J connectivity index is 1.36. The quantitative estimate of drug-likeness (QED) is 0.467. The van der Waals surface area contributed by atoms with Crippen LogP contribution in [0.25, 0.3) is 11.3 Å². The second kappa shape index (κ2) is 9.83. The molecule has 0 spiro atoms. The number of aromatic nitrogens is 5. The van der Waals surface area contributed by atoms with E-state index in [1.807, 2.05) is 6.92 Å². The number of pyridine rings is 1. The van der Waals surface area contributed by atoms with Gasteiger partial charge in [-0.2, -0.15) is 12.7 Å². The summed E-state index contributed by atoms with van der Waals surface area (Å²) in [6.07, 6.45) is 6.89. The van der Waals surface area contributed by atoms with Gasteiger partial charge in [0.2, 0.25) is 11.8 Å². The van der Waals surface area contributed by atoms with Gasteiger partial charge < -0.3 is 10.1 Å². The molecule has 172 valence electrons. The van der Waals surface area contributed by atoms with Crippen LogP contribution in [-0.4, -0.2) is 63.2 Å². The molecule has 4 rings (SSSR count). The Kier molecular flexibility index (Phi) is 6.70. The van der Waals surface area contributed by atoms with Crippen LogP contribution in [-0.2, 0) is 16.8 Å². The maximum atomic E-state index is 12.5. The van der Waals surface area contributed by atoms with Crippen molar-refractivity contribution < 1.29 is 17.9 Å². The van der Waals surface area contributed by atoms with Gasteiger partial charge in [0.25, 0.3) is 5.91 Å². The third-order valence-corrected chi connectivity index (χ3v) is 6.20. The standard InChI is InChI=1S/C20H22N8O4S/c1-2-32-18-13-21-12-17(26-18)14-4-5-16(23-10-14)19(29)24-11-15-6-7-22-20(25-15)27-33(30,31)28-8-3-9-28/h4-7,10,12-13H,2-3,8-9,11H2,1H3,(H,24,29)(H,22,25,27). The summed E-state index contributed by atoms with van der Waals surface area (Å²) in [5.74, 6) is -0.0447. The summed E-state index contributed by atoms with van der Waals surface area (Å²) in [6, 6.07) is 4.88. The van der Waals surface area contributed by atoms with Crippen molar-refractivity contribution in [2.75, 3.05) is 24.4 Å². The summed E-state index contributed by atoms with van der Waals surface area (Å²) in [5.41, 5.74) is 1.92. The molecule has 12 nitrogen and oxygen atoms in total. The number of amides is 1. The molecule has 0 saturated carbocycles. The molecule has 0 aromatic carbocycles. The maximum Gasteiger partial charge on any atom is 0.303 e. The van der Waals surface area contributed by atoms with Gasteiger partial charge in [0, 0.05) is 31.0 Å². The molecule has 1 fully saturated rings. The van der Waals surface area contributed by atoms with Crippen LogP contribution in [0.1, 0.15) is 29.5 Å². The van der Waals surface area contributed by atoms with E-state index < -0.39 is 16.1 Å². The lowest BCUT2D eigenvalue weighted by molar-refractivity contribution is 0.0945. The molecule has 3 aromatic heterocycles. The molecule has 0 unspecified atom stereocenters. The van der Waals surface area contributed by atoms with Crippen LogP contribution in [0.3, 0.4) is 0 Å². The number of hydrogen-bond donors (Lipinski definition) is 2. The zero-order valence-corrected chi connectivity index (χ0v) is 18.6. The van der Waals surface area contributed by atoms with E-state index in [9.17, 15) is 13.2 Å². The minimum Gasteiger partial charge on any atom is -0.477 e. The molecule has 1 saturated heterocycles. The maximum absolute atomic E-state index is 12.5. The van der Waals surface area contributed by atoms with Crippen molar-refractivity contribution in [1.82, 2.24) is 34.5 Å². The Labute approximate surface area is 190 Å². The van der Waals surface area contributed by atoms with E-state index in [-0.39, 0.29) is 18.2 Å². The lowest BCUT2D eigenvalue weighted by atomic mass is 10.2. The summed E-state index contributed by atoms with van der Waals surface area (Å²) in [5, 5.41) is 2.71. The number of carbonyl (C=O) groups is 1. The van der Waals surface area contributed by atoms with E-state index in [0.29, 0.717) is 42.5 Å². The van der Waals surface area contributed by atoms with E-state index in [1.165, 1.54) is 22.9 Å². The second-order valence-corrected chi connectivity index (χ2v) is 8.69. The first-order valence-electron chi connectivity index (χ1n) is 10.2. The lowest BCUT2D eigenvalue weighted by Crippen LogP contribution is -2.45. The molecule has 1 aliphatic heterocycles. The minimum atomic E-state index is -3.66.